The lowest BCUT2D eigenvalue weighted by molar-refractivity contribution is -0.370. The largest absolute Gasteiger partial charge is 0.496 e. The summed E-state index contributed by atoms with van der Waals surface area (Å²) in [4.78, 5) is 22.9. The van der Waals surface area contributed by atoms with Crippen LogP contribution in [-0.2, 0) is 25.9 Å². The van der Waals surface area contributed by atoms with Gasteiger partial charge in [0.05, 0.1) is 13.7 Å². The van der Waals surface area contributed by atoms with Crippen molar-refractivity contribution in [2.24, 2.45) is 0 Å². The highest BCUT2D eigenvalue weighted by atomic mass is 17.2. The SMILES string of the molecule is COc1cc(OCc2ccccc2)cc(C)c1C(=O)OO[C@H]1[C@H](O)[C@@H](CO)O[C@H](O)[C@@H]1OC. The van der Waals surface area contributed by atoms with E-state index in [-0.39, 0.29) is 11.3 Å². The molecule has 0 spiro atoms. The number of benzene rings is 2. The Bertz CT molecular complexity index is 919. The highest BCUT2D eigenvalue weighted by Crippen LogP contribution is 2.31. The fourth-order valence-electron chi connectivity index (χ4n) is 3.53. The minimum absolute atomic E-state index is 0.0966. The Morgan fingerprint density at radius 2 is 1.82 bits per heavy atom. The predicted octanol–water partition coefficient (Wildman–Crippen LogP) is 1.13. The summed E-state index contributed by atoms with van der Waals surface area (Å²) < 4.78 is 21.3. The topological polar surface area (TPSA) is 133 Å². The van der Waals surface area contributed by atoms with E-state index in [9.17, 15) is 20.1 Å². The van der Waals surface area contributed by atoms with Gasteiger partial charge in [-0.15, -0.1) is 0 Å². The van der Waals surface area contributed by atoms with Gasteiger partial charge in [-0.2, -0.15) is 4.89 Å². The molecule has 1 aliphatic rings. The molecule has 0 radical (unpaired) electrons. The second-order valence-corrected chi connectivity index (χ2v) is 7.46. The van der Waals surface area contributed by atoms with Crippen LogP contribution < -0.4 is 9.47 Å². The van der Waals surface area contributed by atoms with Gasteiger partial charge in [0.15, 0.2) is 12.4 Å². The van der Waals surface area contributed by atoms with Crippen LogP contribution in [0.25, 0.3) is 0 Å². The maximum Gasteiger partial charge on any atom is 0.377 e. The smallest absolute Gasteiger partial charge is 0.377 e. The van der Waals surface area contributed by atoms with E-state index in [0.29, 0.717) is 17.9 Å². The van der Waals surface area contributed by atoms with Gasteiger partial charge >= 0.3 is 5.97 Å². The molecular weight excluding hydrogens is 436 g/mol. The molecule has 0 unspecified atom stereocenters. The molecule has 0 aromatic heterocycles. The van der Waals surface area contributed by atoms with E-state index in [1.807, 2.05) is 30.3 Å². The van der Waals surface area contributed by atoms with Crippen LogP contribution in [0.2, 0.25) is 0 Å². The fourth-order valence-corrected chi connectivity index (χ4v) is 3.53. The minimum Gasteiger partial charge on any atom is -0.496 e. The molecular formula is C23H28O10. The predicted molar refractivity (Wildman–Crippen MR) is 114 cm³/mol. The molecule has 0 saturated carbocycles. The van der Waals surface area contributed by atoms with E-state index in [1.165, 1.54) is 14.2 Å². The normalized spacial score (nSPS) is 24.8. The first-order chi connectivity index (χ1) is 15.9. The molecule has 0 bridgehead atoms. The molecule has 1 fully saturated rings. The summed E-state index contributed by atoms with van der Waals surface area (Å²) >= 11 is 0. The third-order valence-electron chi connectivity index (χ3n) is 5.27. The number of carbonyl (C=O) groups is 1. The van der Waals surface area contributed by atoms with Crippen molar-refractivity contribution in [1.29, 1.82) is 0 Å². The Balaban J connectivity index is 1.72. The van der Waals surface area contributed by atoms with Crippen molar-refractivity contribution >= 4 is 5.97 Å². The average Bonchev–Trinajstić information content (AvgIpc) is 2.82. The molecule has 10 heteroatoms. The van der Waals surface area contributed by atoms with Gasteiger partial charge in [0, 0.05) is 13.2 Å². The first-order valence-corrected chi connectivity index (χ1v) is 10.3. The summed E-state index contributed by atoms with van der Waals surface area (Å²) in [6.45, 7) is 1.44. The lowest BCUT2D eigenvalue weighted by Gasteiger charge is -2.40. The molecule has 10 nitrogen and oxygen atoms in total. The Morgan fingerprint density at radius 3 is 2.45 bits per heavy atom. The van der Waals surface area contributed by atoms with Crippen molar-refractivity contribution < 1.29 is 48.8 Å². The third kappa shape index (κ3) is 5.80. The van der Waals surface area contributed by atoms with E-state index in [4.69, 9.17) is 28.7 Å². The van der Waals surface area contributed by atoms with Gasteiger partial charge in [-0.3, -0.25) is 4.89 Å². The zero-order valence-corrected chi connectivity index (χ0v) is 18.5. The zero-order valence-electron chi connectivity index (χ0n) is 18.5. The molecule has 1 saturated heterocycles. The summed E-state index contributed by atoms with van der Waals surface area (Å²) in [6.07, 6.45) is -6.54. The molecule has 180 valence electrons. The molecule has 1 heterocycles. The summed E-state index contributed by atoms with van der Waals surface area (Å²) in [5.41, 5.74) is 1.59. The van der Waals surface area contributed by atoms with Crippen molar-refractivity contribution in [3.8, 4) is 11.5 Å². The van der Waals surface area contributed by atoms with Gasteiger partial charge in [-0.1, -0.05) is 30.3 Å². The Hall–Kier alpha value is -2.73. The second kappa shape index (κ2) is 11.4. The Morgan fingerprint density at radius 1 is 1.09 bits per heavy atom. The van der Waals surface area contributed by atoms with Crippen molar-refractivity contribution in [1.82, 2.24) is 0 Å². The van der Waals surface area contributed by atoms with Gasteiger partial charge in [-0.05, 0) is 24.1 Å². The number of rotatable bonds is 9. The molecule has 0 aliphatic carbocycles. The maximum absolute atomic E-state index is 12.8. The number of methoxy groups -OCH3 is 2. The highest BCUT2D eigenvalue weighted by molar-refractivity contribution is 5.94. The van der Waals surface area contributed by atoms with E-state index < -0.39 is 43.3 Å². The van der Waals surface area contributed by atoms with Crippen molar-refractivity contribution in [2.45, 2.75) is 44.2 Å². The number of hydrogen-bond acceptors (Lipinski definition) is 10. The minimum atomic E-state index is -1.50. The van der Waals surface area contributed by atoms with E-state index in [1.54, 1.807) is 19.1 Å². The van der Waals surface area contributed by atoms with Crippen LogP contribution in [0, 0.1) is 6.92 Å². The Labute approximate surface area is 191 Å². The number of aliphatic hydroxyl groups is 3. The van der Waals surface area contributed by atoms with Gasteiger partial charge in [-0.25, -0.2) is 4.79 Å². The molecule has 1 aliphatic heterocycles. The second-order valence-electron chi connectivity index (χ2n) is 7.46. The molecule has 0 amide bonds. The molecule has 3 rings (SSSR count). The summed E-state index contributed by atoms with van der Waals surface area (Å²) in [6, 6.07) is 12.8. The number of hydrogen-bond donors (Lipinski definition) is 3. The van der Waals surface area contributed by atoms with Gasteiger partial charge < -0.3 is 34.3 Å². The van der Waals surface area contributed by atoms with E-state index in [2.05, 4.69) is 0 Å². The zero-order chi connectivity index (χ0) is 24.0. The van der Waals surface area contributed by atoms with Crippen LogP contribution in [0.15, 0.2) is 42.5 Å². The van der Waals surface area contributed by atoms with Crippen LogP contribution in [0.4, 0.5) is 0 Å². The summed E-state index contributed by atoms with van der Waals surface area (Å²) in [5.74, 6) is -0.183. The van der Waals surface area contributed by atoms with Gasteiger partial charge in [0.1, 0.15) is 42.0 Å². The summed E-state index contributed by atoms with van der Waals surface area (Å²) in [5, 5.41) is 29.7. The van der Waals surface area contributed by atoms with Crippen LogP contribution in [0.5, 0.6) is 11.5 Å². The van der Waals surface area contributed by atoms with Gasteiger partial charge in [0.25, 0.3) is 0 Å². The highest BCUT2D eigenvalue weighted by Gasteiger charge is 2.47. The quantitative estimate of drug-likeness (QED) is 0.366. The van der Waals surface area contributed by atoms with Crippen LogP contribution in [0.3, 0.4) is 0 Å². The number of carbonyl (C=O) groups excluding carboxylic acids is 1. The van der Waals surface area contributed by atoms with Crippen molar-refractivity contribution in [3.05, 3.63) is 59.2 Å². The standard InChI is InChI=1S/C23H28O10/c1-13-9-15(30-12-14-7-5-4-6-8-14)10-16(28-2)18(13)22(26)33-32-20-19(25)17(11-24)31-23(27)21(20)29-3/h4-10,17,19-21,23-25,27H,11-12H2,1-3H3/t17-,19-,20+,21-,23+/m1/s1. The van der Waals surface area contributed by atoms with E-state index in [0.717, 1.165) is 5.56 Å². The molecule has 2 aromatic carbocycles. The van der Waals surface area contributed by atoms with Crippen LogP contribution in [-0.4, -0.2) is 72.8 Å². The number of aryl methyl sites for hydroxylation is 1. The van der Waals surface area contributed by atoms with Crippen LogP contribution >= 0.6 is 0 Å². The van der Waals surface area contributed by atoms with Crippen molar-refractivity contribution in [2.75, 3.05) is 20.8 Å². The first-order valence-electron chi connectivity index (χ1n) is 10.3. The first kappa shape index (κ1) is 24.9. The monoisotopic (exact) mass is 464 g/mol. The molecule has 5 atom stereocenters. The molecule has 3 N–H and O–H groups in total. The summed E-state index contributed by atoms with van der Waals surface area (Å²) in [7, 11) is 2.67. The van der Waals surface area contributed by atoms with E-state index >= 15 is 0 Å². The van der Waals surface area contributed by atoms with Gasteiger partial charge in [0.2, 0.25) is 0 Å². The molecule has 2 aromatic rings. The number of aliphatic hydroxyl groups excluding tert-OH is 3. The average molecular weight is 464 g/mol. The number of ether oxygens (including phenoxy) is 4. The maximum atomic E-state index is 12.8. The molecule has 33 heavy (non-hydrogen) atoms. The third-order valence-corrected chi connectivity index (χ3v) is 5.27. The van der Waals surface area contributed by atoms with Crippen molar-refractivity contribution in [3.63, 3.8) is 0 Å². The van der Waals surface area contributed by atoms with Crippen LogP contribution in [0.1, 0.15) is 21.5 Å². The lowest BCUT2D eigenvalue weighted by atomic mass is 9.99. The fraction of sp³-hybridized carbons (Fsp3) is 0.435. The Kier molecular flexibility index (Phi) is 8.61. The lowest BCUT2D eigenvalue weighted by Crippen LogP contribution is -2.60.